The van der Waals surface area contributed by atoms with E-state index in [9.17, 15) is 4.79 Å². The minimum Gasteiger partial charge on any atom is -0.488 e. The topological polar surface area (TPSA) is 73.6 Å². The number of carbonyl (C=O) groups is 1. The van der Waals surface area contributed by atoms with Crippen molar-refractivity contribution in [2.75, 3.05) is 20.3 Å². The molecule has 2 aromatic rings. The van der Waals surface area contributed by atoms with E-state index >= 15 is 0 Å². The minimum atomic E-state index is -0.189. The van der Waals surface area contributed by atoms with Crippen LogP contribution in [-0.2, 0) is 11.3 Å². The number of methoxy groups -OCH3 is 1. The first-order valence-electron chi connectivity index (χ1n) is 7.04. The fraction of sp³-hybridized carbons (Fsp3) is 0.375. The largest absolute Gasteiger partial charge is 0.488 e. The Morgan fingerprint density at radius 3 is 2.77 bits per heavy atom. The van der Waals surface area contributed by atoms with Gasteiger partial charge in [0.1, 0.15) is 18.1 Å². The third kappa shape index (κ3) is 3.85. The predicted molar refractivity (Wildman–Crippen MR) is 81.0 cm³/mol. The number of rotatable bonds is 7. The SMILES string of the molecule is COCCNC(=O)c1ccccc1OCc1c(C)noc1C. The van der Waals surface area contributed by atoms with Crippen molar-refractivity contribution in [2.45, 2.75) is 20.5 Å². The lowest BCUT2D eigenvalue weighted by atomic mass is 10.2. The summed E-state index contributed by atoms with van der Waals surface area (Å²) < 4.78 is 15.8. The van der Waals surface area contributed by atoms with Gasteiger partial charge in [-0.1, -0.05) is 17.3 Å². The molecule has 0 bridgehead atoms. The number of nitrogens with one attached hydrogen (secondary N) is 1. The molecule has 6 heteroatoms. The van der Waals surface area contributed by atoms with Crippen molar-refractivity contribution in [2.24, 2.45) is 0 Å². The van der Waals surface area contributed by atoms with Gasteiger partial charge in [-0.15, -0.1) is 0 Å². The van der Waals surface area contributed by atoms with E-state index in [1.807, 2.05) is 19.9 Å². The number of carbonyl (C=O) groups excluding carboxylic acids is 1. The molecule has 0 spiro atoms. The lowest BCUT2D eigenvalue weighted by Crippen LogP contribution is -2.27. The van der Waals surface area contributed by atoms with Crippen LogP contribution in [0.15, 0.2) is 28.8 Å². The van der Waals surface area contributed by atoms with E-state index in [4.69, 9.17) is 14.0 Å². The van der Waals surface area contributed by atoms with Crippen LogP contribution in [0.1, 0.15) is 27.4 Å². The van der Waals surface area contributed by atoms with Gasteiger partial charge in [-0.05, 0) is 26.0 Å². The summed E-state index contributed by atoms with van der Waals surface area (Å²) in [7, 11) is 1.59. The van der Waals surface area contributed by atoms with E-state index in [2.05, 4.69) is 10.5 Å². The summed E-state index contributed by atoms with van der Waals surface area (Å²) in [5, 5.41) is 6.67. The van der Waals surface area contributed by atoms with Crippen molar-refractivity contribution in [1.82, 2.24) is 10.5 Å². The van der Waals surface area contributed by atoms with Gasteiger partial charge in [-0.3, -0.25) is 4.79 Å². The molecule has 0 atom stereocenters. The van der Waals surface area contributed by atoms with Crippen LogP contribution in [0.3, 0.4) is 0 Å². The zero-order chi connectivity index (χ0) is 15.9. The molecule has 2 rings (SSSR count). The Kier molecular flexibility index (Phi) is 5.55. The van der Waals surface area contributed by atoms with Gasteiger partial charge >= 0.3 is 0 Å². The molecule has 0 unspecified atom stereocenters. The van der Waals surface area contributed by atoms with Crippen molar-refractivity contribution >= 4 is 5.91 Å². The molecule has 0 radical (unpaired) electrons. The standard InChI is InChI=1S/C16H20N2O4/c1-11-14(12(2)22-18-11)10-21-15-7-5-4-6-13(15)16(19)17-8-9-20-3/h4-7H,8-10H2,1-3H3,(H,17,19). The van der Waals surface area contributed by atoms with Crippen LogP contribution in [0.25, 0.3) is 0 Å². The molecule has 0 fully saturated rings. The van der Waals surface area contributed by atoms with E-state index in [-0.39, 0.29) is 5.91 Å². The highest BCUT2D eigenvalue weighted by molar-refractivity contribution is 5.96. The maximum atomic E-state index is 12.2. The Morgan fingerprint density at radius 1 is 1.32 bits per heavy atom. The summed E-state index contributed by atoms with van der Waals surface area (Å²) in [6.07, 6.45) is 0. The Balaban J connectivity index is 2.06. The molecule has 118 valence electrons. The number of ether oxygens (including phenoxy) is 2. The summed E-state index contributed by atoms with van der Waals surface area (Å²) in [6.45, 7) is 4.92. The van der Waals surface area contributed by atoms with Gasteiger partial charge in [0.05, 0.1) is 23.4 Å². The summed E-state index contributed by atoms with van der Waals surface area (Å²) in [5.41, 5.74) is 2.18. The number of para-hydroxylation sites is 1. The summed E-state index contributed by atoms with van der Waals surface area (Å²) >= 11 is 0. The second-order valence-corrected chi connectivity index (χ2v) is 4.84. The Labute approximate surface area is 129 Å². The van der Waals surface area contributed by atoms with Crippen LogP contribution >= 0.6 is 0 Å². The third-order valence-corrected chi connectivity index (χ3v) is 3.28. The first-order chi connectivity index (χ1) is 10.6. The van der Waals surface area contributed by atoms with E-state index < -0.39 is 0 Å². The fourth-order valence-electron chi connectivity index (χ4n) is 2.00. The molecule has 0 saturated carbocycles. The number of amides is 1. The molecule has 1 heterocycles. The molecular weight excluding hydrogens is 284 g/mol. The van der Waals surface area contributed by atoms with Crippen molar-refractivity contribution in [3.05, 3.63) is 46.8 Å². The highest BCUT2D eigenvalue weighted by Crippen LogP contribution is 2.21. The molecule has 1 N–H and O–H groups in total. The minimum absolute atomic E-state index is 0.189. The number of aromatic nitrogens is 1. The normalized spacial score (nSPS) is 10.5. The third-order valence-electron chi connectivity index (χ3n) is 3.28. The maximum Gasteiger partial charge on any atom is 0.255 e. The molecule has 1 aromatic carbocycles. The van der Waals surface area contributed by atoms with Crippen LogP contribution < -0.4 is 10.1 Å². The second-order valence-electron chi connectivity index (χ2n) is 4.84. The summed E-state index contributed by atoms with van der Waals surface area (Å²) in [4.78, 5) is 12.2. The summed E-state index contributed by atoms with van der Waals surface area (Å²) in [5.74, 6) is 1.06. The molecule has 0 aliphatic heterocycles. The molecule has 0 saturated heterocycles. The maximum absolute atomic E-state index is 12.2. The van der Waals surface area contributed by atoms with Gasteiger partial charge in [0.2, 0.25) is 0 Å². The van der Waals surface area contributed by atoms with Crippen LogP contribution in [0, 0.1) is 13.8 Å². The molecular formula is C16H20N2O4. The van der Waals surface area contributed by atoms with Crippen LogP contribution in [-0.4, -0.2) is 31.3 Å². The molecule has 6 nitrogen and oxygen atoms in total. The van der Waals surface area contributed by atoms with Gasteiger partial charge in [-0.2, -0.15) is 0 Å². The van der Waals surface area contributed by atoms with Crippen molar-refractivity contribution in [3.8, 4) is 5.75 Å². The molecule has 1 aromatic heterocycles. The first kappa shape index (κ1) is 16.0. The van der Waals surface area contributed by atoms with Crippen molar-refractivity contribution in [3.63, 3.8) is 0 Å². The predicted octanol–water partition coefficient (Wildman–Crippen LogP) is 2.25. The Morgan fingerprint density at radius 2 is 2.09 bits per heavy atom. The van der Waals surface area contributed by atoms with E-state index in [1.54, 1.807) is 25.3 Å². The monoisotopic (exact) mass is 304 g/mol. The number of hydrogen-bond donors (Lipinski definition) is 1. The van der Waals surface area contributed by atoms with Crippen molar-refractivity contribution < 1.29 is 18.8 Å². The number of hydrogen-bond acceptors (Lipinski definition) is 5. The Bertz CT molecular complexity index is 617. The number of aryl methyl sites for hydroxylation is 2. The average Bonchev–Trinajstić information content (AvgIpc) is 2.84. The van der Waals surface area contributed by atoms with Gasteiger partial charge in [-0.25, -0.2) is 0 Å². The summed E-state index contributed by atoms with van der Waals surface area (Å²) in [6, 6.07) is 7.12. The Hall–Kier alpha value is -2.34. The number of nitrogens with zero attached hydrogens (tertiary/aromatic N) is 1. The zero-order valence-electron chi connectivity index (χ0n) is 13.0. The zero-order valence-corrected chi connectivity index (χ0v) is 13.0. The second kappa shape index (κ2) is 7.61. The van der Waals surface area contributed by atoms with E-state index in [0.717, 1.165) is 17.0 Å². The first-order valence-corrected chi connectivity index (χ1v) is 7.04. The lowest BCUT2D eigenvalue weighted by Gasteiger charge is -2.11. The number of benzene rings is 1. The average molecular weight is 304 g/mol. The van der Waals surface area contributed by atoms with Crippen LogP contribution in [0.4, 0.5) is 0 Å². The highest BCUT2D eigenvalue weighted by Gasteiger charge is 2.14. The molecule has 0 aliphatic rings. The lowest BCUT2D eigenvalue weighted by molar-refractivity contribution is 0.0932. The highest BCUT2D eigenvalue weighted by atomic mass is 16.5. The molecule has 0 aliphatic carbocycles. The fourth-order valence-corrected chi connectivity index (χ4v) is 2.00. The molecule has 1 amide bonds. The van der Waals surface area contributed by atoms with Crippen LogP contribution in [0.2, 0.25) is 0 Å². The van der Waals surface area contributed by atoms with Gasteiger partial charge < -0.3 is 19.3 Å². The van der Waals surface area contributed by atoms with Crippen LogP contribution in [0.5, 0.6) is 5.75 Å². The molecule has 22 heavy (non-hydrogen) atoms. The van der Waals surface area contributed by atoms with E-state index in [0.29, 0.717) is 31.1 Å². The van der Waals surface area contributed by atoms with E-state index in [1.165, 1.54) is 0 Å². The van der Waals surface area contributed by atoms with Gasteiger partial charge in [0.15, 0.2) is 0 Å². The van der Waals surface area contributed by atoms with Gasteiger partial charge in [0.25, 0.3) is 5.91 Å². The van der Waals surface area contributed by atoms with Crippen molar-refractivity contribution in [1.29, 1.82) is 0 Å². The smallest absolute Gasteiger partial charge is 0.255 e. The quantitative estimate of drug-likeness (QED) is 0.794. The van der Waals surface area contributed by atoms with Gasteiger partial charge in [0, 0.05) is 13.7 Å².